The maximum atomic E-state index is 11.7. The average molecular weight is 231 g/mol. The quantitative estimate of drug-likeness (QED) is 0.636. The Hall–Kier alpha value is -1.10. The molecule has 0 fully saturated rings. The van der Waals surface area contributed by atoms with Crippen molar-refractivity contribution < 1.29 is 19.4 Å². The second-order valence-corrected chi connectivity index (χ2v) is 3.61. The van der Waals surface area contributed by atoms with Crippen molar-refractivity contribution in [3.8, 4) is 0 Å². The van der Waals surface area contributed by atoms with E-state index in [9.17, 15) is 9.59 Å². The lowest BCUT2D eigenvalue weighted by molar-refractivity contribution is -0.149. The Morgan fingerprint density at radius 2 is 2.00 bits per heavy atom. The number of amides is 1. The van der Waals surface area contributed by atoms with Crippen LogP contribution < -0.4 is 0 Å². The van der Waals surface area contributed by atoms with Crippen molar-refractivity contribution in [2.75, 3.05) is 19.7 Å². The van der Waals surface area contributed by atoms with Crippen LogP contribution in [0.15, 0.2) is 0 Å². The molecule has 1 atom stereocenters. The standard InChI is InChI=1S/C11H21NO4/c1-4-6-7-16-9(3)11(15)12(5-2)8-10(13)14/h9H,4-8H2,1-3H3,(H,13,14). The maximum absolute atomic E-state index is 11.7. The number of carbonyl (C=O) groups is 2. The minimum Gasteiger partial charge on any atom is -0.480 e. The highest BCUT2D eigenvalue weighted by Crippen LogP contribution is 2.01. The van der Waals surface area contributed by atoms with E-state index in [1.54, 1.807) is 13.8 Å². The fourth-order valence-electron chi connectivity index (χ4n) is 1.24. The second kappa shape index (κ2) is 8.10. The van der Waals surface area contributed by atoms with E-state index in [0.717, 1.165) is 12.8 Å². The van der Waals surface area contributed by atoms with Crippen LogP contribution >= 0.6 is 0 Å². The zero-order valence-corrected chi connectivity index (χ0v) is 10.2. The van der Waals surface area contributed by atoms with Crippen LogP contribution in [0.3, 0.4) is 0 Å². The van der Waals surface area contributed by atoms with E-state index >= 15 is 0 Å². The van der Waals surface area contributed by atoms with Crippen molar-refractivity contribution in [3.63, 3.8) is 0 Å². The monoisotopic (exact) mass is 231 g/mol. The molecular formula is C11H21NO4. The second-order valence-electron chi connectivity index (χ2n) is 3.61. The lowest BCUT2D eigenvalue weighted by Crippen LogP contribution is -2.42. The van der Waals surface area contributed by atoms with Gasteiger partial charge < -0.3 is 14.7 Å². The molecule has 1 N–H and O–H groups in total. The molecule has 16 heavy (non-hydrogen) atoms. The van der Waals surface area contributed by atoms with E-state index in [1.165, 1.54) is 4.90 Å². The average Bonchev–Trinajstić information content (AvgIpc) is 2.24. The first kappa shape index (κ1) is 14.9. The van der Waals surface area contributed by atoms with Gasteiger partial charge in [-0.2, -0.15) is 0 Å². The van der Waals surface area contributed by atoms with Gasteiger partial charge in [0, 0.05) is 13.2 Å². The fraction of sp³-hybridized carbons (Fsp3) is 0.818. The number of carboxylic acid groups (broad SMARTS) is 1. The van der Waals surface area contributed by atoms with Crippen LogP contribution in [0.2, 0.25) is 0 Å². The maximum Gasteiger partial charge on any atom is 0.323 e. The zero-order chi connectivity index (χ0) is 12.6. The normalized spacial score (nSPS) is 12.2. The van der Waals surface area contributed by atoms with Crippen LogP contribution in [0.5, 0.6) is 0 Å². The number of carbonyl (C=O) groups excluding carboxylic acids is 1. The summed E-state index contributed by atoms with van der Waals surface area (Å²) < 4.78 is 5.32. The smallest absolute Gasteiger partial charge is 0.323 e. The van der Waals surface area contributed by atoms with Crippen LogP contribution in [0.1, 0.15) is 33.6 Å². The number of carboxylic acids is 1. The molecule has 0 aliphatic carbocycles. The van der Waals surface area contributed by atoms with Gasteiger partial charge in [-0.25, -0.2) is 0 Å². The molecule has 0 aromatic rings. The van der Waals surface area contributed by atoms with Crippen LogP contribution in [0.25, 0.3) is 0 Å². The molecule has 0 spiro atoms. The Labute approximate surface area is 96.4 Å². The first-order valence-corrected chi connectivity index (χ1v) is 5.65. The van der Waals surface area contributed by atoms with Crippen LogP contribution in [0.4, 0.5) is 0 Å². The molecule has 1 amide bonds. The van der Waals surface area contributed by atoms with Gasteiger partial charge in [-0.15, -0.1) is 0 Å². The van der Waals surface area contributed by atoms with Gasteiger partial charge in [0.15, 0.2) is 0 Å². The zero-order valence-electron chi connectivity index (χ0n) is 10.2. The predicted molar refractivity (Wildman–Crippen MR) is 60.2 cm³/mol. The van der Waals surface area contributed by atoms with E-state index in [-0.39, 0.29) is 12.5 Å². The topological polar surface area (TPSA) is 66.8 Å². The van der Waals surface area contributed by atoms with E-state index in [4.69, 9.17) is 9.84 Å². The van der Waals surface area contributed by atoms with E-state index in [0.29, 0.717) is 13.2 Å². The molecule has 0 radical (unpaired) electrons. The first-order chi connectivity index (χ1) is 7.52. The van der Waals surface area contributed by atoms with E-state index in [2.05, 4.69) is 0 Å². The number of likely N-dealkylation sites (N-methyl/N-ethyl adjacent to an activating group) is 1. The highest BCUT2D eigenvalue weighted by molar-refractivity contribution is 5.84. The molecule has 1 unspecified atom stereocenters. The summed E-state index contributed by atoms with van der Waals surface area (Å²) in [5.74, 6) is -1.27. The minimum atomic E-state index is -1.00. The van der Waals surface area contributed by atoms with Crippen molar-refractivity contribution in [2.45, 2.75) is 39.7 Å². The summed E-state index contributed by atoms with van der Waals surface area (Å²) in [4.78, 5) is 23.5. The summed E-state index contributed by atoms with van der Waals surface area (Å²) in [6, 6.07) is 0. The van der Waals surface area contributed by atoms with Gasteiger partial charge in [0.2, 0.25) is 0 Å². The number of aliphatic carboxylic acids is 1. The molecule has 0 aromatic carbocycles. The van der Waals surface area contributed by atoms with Gasteiger partial charge in [-0.1, -0.05) is 13.3 Å². The molecule has 0 heterocycles. The summed E-state index contributed by atoms with van der Waals surface area (Å²) >= 11 is 0. The van der Waals surface area contributed by atoms with Crippen LogP contribution in [-0.2, 0) is 14.3 Å². The molecule has 94 valence electrons. The minimum absolute atomic E-state index is 0.263. The summed E-state index contributed by atoms with van der Waals surface area (Å²) in [6.45, 7) is 6.10. The van der Waals surface area contributed by atoms with Crippen molar-refractivity contribution in [1.29, 1.82) is 0 Å². The van der Waals surface area contributed by atoms with Gasteiger partial charge in [0.05, 0.1) is 0 Å². The number of unbranched alkanes of at least 4 members (excludes halogenated alkanes) is 1. The molecule has 0 bridgehead atoms. The summed E-state index contributed by atoms with van der Waals surface area (Å²) in [5.41, 5.74) is 0. The highest BCUT2D eigenvalue weighted by atomic mass is 16.5. The lowest BCUT2D eigenvalue weighted by Gasteiger charge is -2.22. The van der Waals surface area contributed by atoms with Crippen molar-refractivity contribution in [1.82, 2.24) is 4.90 Å². The fourth-order valence-corrected chi connectivity index (χ4v) is 1.24. The third kappa shape index (κ3) is 5.70. The molecule has 0 aliphatic rings. The molecule has 0 saturated carbocycles. The molecule has 0 aliphatic heterocycles. The molecule has 5 nitrogen and oxygen atoms in total. The van der Waals surface area contributed by atoms with Gasteiger partial charge >= 0.3 is 5.97 Å². The Kier molecular flexibility index (Phi) is 7.54. The van der Waals surface area contributed by atoms with Gasteiger partial charge in [-0.3, -0.25) is 9.59 Å². The highest BCUT2D eigenvalue weighted by Gasteiger charge is 2.21. The lowest BCUT2D eigenvalue weighted by atomic mass is 10.3. The summed E-state index contributed by atoms with van der Waals surface area (Å²) in [6.07, 6.45) is 1.35. The summed E-state index contributed by atoms with van der Waals surface area (Å²) in [5, 5.41) is 8.63. The Bertz CT molecular complexity index is 230. The number of nitrogens with zero attached hydrogens (tertiary/aromatic N) is 1. The van der Waals surface area contributed by atoms with Crippen molar-refractivity contribution in [3.05, 3.63) is 0 Å². The van der Waals surface area contributed by atoms with Crippen LogP contribution in [0, 0.1) is 0 Å². The van der Waals surface area contributed by atoms with Gasteiger partial charge in [0.1, 0.15) is 12.6 Å². The Morgan fingerprint density at radius 3 is 2.44 bits per heavy atom. The molecular weight excluding hydrogens is 210 g/mol. The van der Waals surface area contributed by atoms with Gasteiger partial charge in [-0.05, 0) is 20.3 Å². The van der Waals surface area contributed by atoms with Crippen molar-refractivity contribution in [2.24, 2.45) is 0 Å². The molecule has 0 rings (SSSR count). The predicted octanol–water partition coefficient (Wildman–Crippen LogP) is 1.12. The van der Waals surface area contributed by atoms with E-state index in [1.807, 2.05) is 6.92 Å². The number of ether oxygens (including phenoxy) is 1. The Balaban J connectivity index is 4.11. The SMILES string of the molecule is CCCCOC(C)C(=O)N(CC)CC(=O)O. The number of hydrogen-bond acceptors (Lipinski definition) is 3. The molecule has 5 heteroatoms. The third-order valence-corrected chi connectivity index (χ3v) is 2.23. The molecule has 0 saturated heterocycles. The largest absolute Gasteiger partial charge is 0.480 e. The van der Waals surface area contributed by atoms with Crippen molar-refractivity contribution >= 4 is 11.9 Å². The van der Waals surface area contributed by atoms with Gasteiger partial charge in [0.25, 0.3) is 5.91 Å². The first-order valence-electron chi connectivity index (χ1n) is 5.65. The third-order valence-electron chi connectivity index (χ3n) is 2.23. The van der Waals surface area contributed by atoms with Crippen LogP contribution in [-0.4, -0.2) is 47.7 Å². The molecule has 0 aromatic heterocycles. The number of hydrogen-bond donors (Lipinski definition) is 1. The Morgan fingerprint density at radius 1 is 1.38 bits per heavy atom. The van der Waals surface area contributed by atoms with E-state index < -0.39 is 12.1 Å². The number of rotatable bonds is 8. The summed E-state index contributed by atoms with van der Waals surface area (Å²) in [7, 11) is 0.